The van der Waals surface area contributed by atoms with Crippen molar-refractivity contribution in [3.05, 3.63) is 51.3 Å². The van der Waals surface area contributed by atoms with Gasteiger partial charge < -0.3 is 5.32 Å². The van der Waals surface area contributed by atoms with Gasteiger partial charge in [-0.2, -0.15) is 10.2 Å². The monoisotopic (exact) mass is 355 g/mol. The lowest BCUT2D eigenvalue weighted by Gasteiger charge is -2.10. The fraction of sp³-hybridized carbons (Fsp3) is 0.214. The molecule has 0 spiro atoms. The third kappa shape index (κ3) is 3.41. The van der Waals surface area contributed by atoms with Crippen molar-refractivity contribution in [1.29, 1.82) is 0 Å². The average molecular weight is 356 g/mol. The zero-order chi connectivity index (χ0) is 15.6. The highest BCUT2D eigenvalue weighted by Gasteiger charge is 2.16. The molecule has 0 saturated heterocycles. The molecule has 1 amide bonds. The Labute approximate surface area is 128 Å². The van der Waals surface area contributed by atoms with Gasteiger partial charge >= 0.3 is 0 Å². The summed E-state index contributed by atoms with van der Waals surface area (Å²) in [5.74, 6) is -1.94. The van der Waals surface area contributed by atoms with E-state index < -0.39 is 17.5 Å². The summed E-state index contributed by atoms with van der Waals surface area (Å²) in [5, 5.41) is 10.2. The Morgan fingerprint density at radius 1 is 1.24 bits per heavy atom. The molecule has 0 saturated carbocycles. The predicted octanol–water partition coefficient (Wildman–Crippen LogP) is 3.64. The van der Waals surface area contributed by atoms with Crippen LogP contribution in [0.5, 0.6) is 0 Å². The molecule has 0 bridgehead atoms. The first-order valence-corrected chi connectivity index (χ1v) is 7.00. The summed E-state index contributed by atoms with van der Waals surface area (Å²) in [6, 6.07) is 3.44. The SMILES string of the molecule is CCc1nnc(C)cc1C(=O)Nc1cc(F)c(Br)cc1F. The topological polar surface area (TPSA) is 54.9 Å². The summed E-state index contributed by atoms with van der Waals surface area (Å²) in [6.45, 7) is 3.53. The minimum atomic E-state index is -0.728. The molecule has 0 aliphatic rings. The number of hydrogen-bond acceptors (Lipinski definition) is 3. The Bertz CT molecular complexity index is 707. The molecule has 110 valence electrons. The van der Waals surface area contributed by atoms with Gasteiger partial charge in [-0.1, -0.05) is 6.92 Å². The fourth-order valence-corrected chi connectivity index (χ4v) is 2.10. The number of nitrogens with zero attached hydrogens (tertiary/aromatic N) is 2. The number of halogens is 3. The number of anilines is 1. The minimum absolute atomic E-state index is 0.00586. The molecule has 0 atom stereocenters. The molecule has 1 aromatic carbocycles. The second-order valence-electron chi connectivity index (χ2n) is 4.40. The lowest BCUT2D eigenvalue weighted by Crippen LogP contribution is -2.17. The van der Waals surface area contributed by atoms with Crippen molar-refractivity contribution in [1.82, 2.24) is 10.2 Å². The van der Waals surface area contributed by atoms with E-state index in [1.54, 1.807) is 13.0 Å². The van der Waals surface area contributed by atoms with Gasteiger partial charge in [-0.3, -0.25) is 4.79 Å². The highest BCUT2D eigenvalue weighted by Crippen LogP contribution is 2.24. The van der Waals surface area contributed by atoms with Crippen molar-refractivity contribution in [3.63, 3.8) is 0 Å². The van der Waals surface area contributed by atoms with Crippen LogP contribution >= 0.6 is 15.9 Å². The zero-order valence-corrected chi connectivity index (χ0v) is 13.0. The van der Waals surface area contributed by atoms with Crippen LogP contribution in [-0.4, -0.2) is 16.1 Å². The molecule has 2 rings (SSSR count). The van der Waals surface area contributed by atoms with Crippen molar-refractivity contribution in [3.8, 4) is 0 Å². The maximum atomic E-state index is 13.7. The third-order valence-corrected chi connectivity index (χ3v) is 3.44. The first-order valence-electron chi connectivity index (χ1n) is 6.21. The smallest absolute Gasteiger partial charge is 0.257 e. The van der Waals surface area contributed by atoms with Crippen LogP contribution in [0.2, 0.25) is 0 Å². The normalized spacial score (nSPS) is 10.5. The lowest BCUT2D eigenvalue weighted by atomic mass is 10.1. The molecular weight excluding hydrogens is 344 g/mol. The molecular formula is C14H12BrF2N3O. The third-order valence-electron chi connectivity index (χ3n) is 2.83. The van der Waals surface area contributed by atoms with E-state index in [2.05, 4.69) is 31.4 Å². The molecule has 0 radical (unpaired) electrons. The highest BCUT2D eigenvalue weighted by atomic mass is 79.9. The summed E-state index contributed by atoms with van der Waals surface area (Å²) < 4.78 is 27.2. The van der Waals surface area contributed by atoms with Crippen LogP contribution in [0.1, 0.15) is 28.7 Å². The molecule has 1 aromatic heterocycles. The van der Waals surface area contributed by atoms with Gasteiger partial charge in [-0.25, -0.2) is 8.78 Å². The number of aryl methyl sites for hydroxylation is 2. The molecule has 1 N–H and O–H groups in total. The van der Waals surface area contributed by atoms with E-state index in [0.29, 0.717) is 23.4 Å². The van der Waals surface area contributed by atoms with Crippen LogP contribution < -0.4 is 5.32 Å². The number of amides is 1. The van der Waals surface area contributed by atoms with E-state index in [4.69, 9.17) is 0 Å². The maximum absolute atomic E-state index is 13.7. The Balaban J connectivity index is 2.34. The van der Waals surface area contributed by atoms with Crippen molar-refractivity contribution in [2.24, 2.45) is 0 Å². The molecule has 21 heavy (non-hydrogen) atoms. The summed E-state index contributed by atoms with van der Waals surface area (Å²) >= 11 is 2.88. The van der Waals surface area contributed by atoms with Gasteiger partial charge in [0.2, 0.25) is 0 Å². The van der Waals surface area contributed by atoms with E-state index in [1.807, 2.05) is 6.92 Å². The number of rotatable bonds is 3. The van der Waals surface area contributed by atoms with Crippen molar-refractivity contribution in [2.45, 2.75) is 20.3 Å². The molecule has 0 unspecified atom stereocenters. The summed E-state index contributed by atoms with van der Waals surface area (Å²) in [6.07, 6.45) is 0.507. The second-order valence-corrected chi connectivity index (χ2v) is 5.25. The molecule has 0 aliphatic heterocycles. The van der Waals surface area contributed by atoms with Crippen molar-refractivity contribution < 1.29 is 13.6 Å². The standard InChI is InChI=1S/C14H12BrF2N3O/c1-3-12-8(4-7(2)19-20-12)14(21)18-13-6-10(16)9(15)5-11(13)17/h4-6H,3H2,1-2H3,(H,18,21). The van der Waals surface area contributed by atoms with Gasteiger partial charge in [0.1, 0.15) is 11.6 Å². The van der Waals surface area contributed by atoms with Gasteiger partial charge in [-0.15, -0.1) is 0 Å². The van der Waals surface area contributed by atoms with Gasteiger partial charge in [-0.05, 0) is 41.4 Å². The molecule has 1 heterocycles. The van der Waals surface area contributed by atoms with Crippen LogP contribution in [0.15, 0.2) is 22.7 Å². The second kappa shape index (κ2) is 6.26. The lowest BCUT2D eigenvalue weighted by molar-refractivity contribution is 0.102. The molecule has 2 aromatic rings. The van der Waals surface area contributed by atoms with Crippen LogP contribution in [0.4, 0.5) is 14.5 Å². The first-order chi connectivity index (χ1) is 9.92. The summed E-state index contributed by atoms with van der Waals surface area (Å²) in [5.41, 5.74) is 1.14. The van der Waals surface area contributed by atoms with E-state index >= 15 is 0 Å². The molecule has 0 fully saturated rings. The molecule has 4 nitrogen and oxygen atoms in total. The minimum Gasteiger partial charge on any atom is -0.319 e. The summed E-state index contributed by atoms with van der Waals surface area (Å²) in [4.78, 5) is 12.2. The highest BCUT2D eigenvalue weighted by molar-refractivity contribution is 9.10. The van der Waals surface area contributed by atoms with Gasteiger partial charge in [0, 0.05) is 6.07 Å². The van der Waals surface area contributed by atoms with Crippen LogP contribution in [0.3, 0.4) is 0 Å². The number of carbonyl (C=O) groups is 1. The van der Waals surface area contributed by atoms with Crippen molar-refractivity contribution in [2.75, 3.05) is 5.32 Å². The number of hydrogen-bond donors (Lipinski definition) is 1. The summed E-state index contributed by atoms with van der Waals surface area (Å²) in [7, 11) is 0. The maximum Gasteiger partial charge on any atom is 0.257 e. The van der Waals surface area contributed by atoms with Gasteiger partial charge in [0.25, 0.3) is 5.91 Å². The van der Waals surface area contributed by atoms with Crippen LogP contribution in [0.25, 0.3) is 0 Å². The van der Waals surface area contributed by atoms with Gasteiger partial charge in [0.05, 0.1) is 27.1 Å². The molecule has 7 heteroatoms. The van der Waals surface area contributed by atoms with Crippen LogP contribution in [0, 0.1) is 18.6 Å². The van der Waals surface area contributed by atoms with E-state index in [-0.39, 0.29) is 10.2 Å². The molecule has 0 aliphatic carbocycles. The number of benzene rings is 1. The van der Waals surface area contributed by atoms with E-state index in [0.717, 1.165) is 12.1 Å². The number of nitrogens with one attached hydrogen (secondary N) is 1. The number of carbonyl (C=O) groups excluding carboxylic acids is 1. The Kier molecular flexibility index (Phi) is 4.62. The average Bonchev–Trinajstić information content (AvgIpc) is 2.44. The quantitative estimate of drug-likeness (QED) is 0.855. The van der Waals surface area contributed by atoms with Crippen molar-refractivity contribution >= 4 is 27.5 Å². The Morgan fingerprint density at radius 2 is 1.95 bits per heavy atom. The van der Waals surface area contributed by atoms with Crippen LogP contribution in [-0.2, 0) is 6.42 Å². The Morgan fingerprint density at radius 3 is 2.62 bits per heavy atom. The largest absolute Gasteiger partial charge is 0.319 e. The Hall–Kier alpha value is -1.89. The zero-order valence-electron chi connectivity index (χ0n) is 11.4. The fourth-order valence-electron chi connectivity index (χ4n) is 1.78. The van der Waals surface area contributed by atoms with E-state index in [9.17, 15) is 13.6 Å². The van der Waals surface area contributed by atoms with E-state index in [1.165, 1.54) is 0 Å². The number of aromatic nitrogens is 2. The first kappa shape index (κ1) is 15.5. The van der Waals surface area contributed by atoms with Gasteiger partial charge in [0.15, 0.2) is 0 Å². The predicted molar refractivity (Wildman–Crippen MR) is 78.2 cm³/mol.